The molecule has 2 aromatic heterocycles. The number of aryl methyl sites for hydroxylation is 2. The molecule has 0 atom stereocenters. The summed E-state index contributed by atoms with van der Waals surface area (Å²) in [5.74, 6) is -1.31. The van der Waals surface area contributed by atoms with E-state index in [1.165, 1.54) is 12.3 Å². The lowest BCUT2D eigenvalue weighted by molar-refractivity contribution is -0.116. The summed E-state index contributed by atoms with van der Waals surface area (Å²) in [4.78, 5) is 30.8. The second kappa shape index (κ2) is 8.33. The molecule has 1 fully saturated rings. The van der Waals surface area contributed by atoms with Crippen molar-refractivity contribution in [3.8, 4) is 0 Å². The molecule has 3 N–H and O–H groups in total. The Labute approximate surface area is 179 Å². The second-order valence-electron chi connectivity index (χ2n) is 7.80. The molecule has 2 amide bonds. The number of hydrogen-bond donors (Lipinski definition) is 2. The van der Waals surface area contributed by atoms with Gasteiger partial charge in [-0.15, -0.1) is 0 Å². The Bertz CT molecular complexity index is 1170. The van der Waals surface area contributed by atoms with Crippen molar-refractivity contribution in [2.45, 2.75) is 39.5 Å². The Balaban J connectivity index is 1.52. The predicted octanol–water partition coefficient (Wildman–Crippen LogP) is 2.76. The van der Waals surface area contributed by atoms with Crippen LogP contribution in [0, 0.1) is 19.7 Å². The third-order valence-corrected chi connectivity index (χ3v) is 5.78. The van der Waals surface area contributed by atoms with E-state index in [0.29, 0.717) is 17.8 Å². The number of carbonyl (C=O) groups is 2. The number of amides is 2. The maximum atomic E-state index is 14.5. The molecule has 3 aromatic rings. The maximum absolute atomic E-state index is 14.5. The van der Waals surface area contributed by atoms with Crippen molar-refractivity contribution in [1.82, 2.24) is 14.6 Å². The molecule has 0 unspecified atom stereocenters. The number of fused-ring (bicyclic) bond motifs is 1. The van der Waals surface area contributed by atoms with Crippen molar-refractivity contribution in [3.05, 3.63) is 52.7 Å². The summed E-state index contributed by atoms with van der Waals surface area (Å²) in [5.41, 5.74) is 9.33. The molecular weight excluding hydrogens is 399 g/mol. The van der Waals surface area contributed by atoms with Crippen molar-refractivity contribution < 1.29 is 14.0 Å². The number of hydrogen-bond acceptors (Lipinski definition) is 5. The summed E-state index contributed by atoms with van der Waals surface area (Å²) >= 11 is 0. The molecule has 8 nitrogen and oxygen atoms in total. The first-order valence-electron chi connectivity index (χ1n) is 10.3. The van der Waals surface area contributed by atoms with Crippen LogP contribution in [0.1, 0.15) is 46.6 Å². The minimum absolute atomic E-state index is 0.159. The van der Waals surface area contributed by atoms with Gasteiger partial charge in [-0.25, -0.2) is 13.9 Å². The molecule has 9 heteroatoms. The molecule has 1 saturated heterocycles. The zero-order valence-electron chi connectivity index (χ0n) is 17.6. The Morgan fingerprint density at radius 2 is 1.97 bits per heavy atom. The highest BCUT2D eigenvalue weighted by Crippen LogP contribution is 2.31. The number of nitrogens with one attached hydrogen (secondary N) is 1. The van der Waals surface area contributed by atoms with E-state index in [-0.39, 0.29) is 23.6 Å². The van der Waals surface area contributed by atoms with E-state index >= 15 is 0 Å². The fourth-order valence-electron chi connectivity index (χ4n) is 4.15. The van der Waals surface area contributed by atoms with Crippen LogP contribution >= 0.6 is 0 Å². The van der Waals surface area contributed by atoms with Gasteiger partial charge < -0.3 is 16.0 Å². The summed E-state index contributed by atoms with van der Waals surface area (Å²) in [6, 6.07) is 4.86. The normalized spacial score (nSPS) is 13.7. The molecule has 1 aliphatic heterocycles. The molecule has 0 bridgehead atoms. The Morgan fingerprint density at radius 3 is 2.68 bits per heavy atom. The average molecular weight is 424 g/mol. The molecule has 31 heavy (non-hydrogen) atoms. The van der Waals surface area contributed by atoms with Crippen LogP contribution < -0.4 is 16.0 Å². The highest BCUT2D eigenvalue weighted by atomic mass is 19.1. The first-order chi connectivity index (χ1) is 14.9. The van der Waals surface area contributed by atoms with Crippen LogP contribution in [-0.4, -0.2) is 39.5 Å². The number of nitrogens with zero attached hydrogens (tertiary/aromatic N) is 4. The first kappa shape index (κ1) is 20.8. The van der Waals surface area contributed by atoms with Crippen LogP contribution in [0.2, 0.25) is 0 Å². The highest BCUT2D eigenvalue weighted by molar-refractivity contribution is 5.98. The molecule has 3 heterocycles. The van der Waals surface area contributed by atoms with E-state index in [1.807, 2.05) is 19.9 Å². The summed E-state index contributed by atoms with van der Waals surface area (Å²) in [6.45, 7) is 5.39. The lowest BCUT2D eigenvalue weighted by Gasteiger charge is -2.22. The number of rotatable bonds is 6. The van der Waals surface area contributed by atoms with E-state index in [1.54, 1.807) is 10.6 Å². The number of aromatic nitrogens is 3. The number of para-hydroxylation sites is 1. The van der Waals surface area contributed by atoms with Crippen LogP contribution in [0.25, 0.3) is 5.65 Å². The molecule has 0 radical (unpaired) electrons. The standard InChI is InChI=1S/C22H25FN6O2/c1-13-15(14(2)29-22(26-13)16(12-25-29)21(24)31)8-9-19(30)27-20-17(23)6-5-7-18(20)28-10-3-4-11-28/h5-7,12H,3-4,8-11H2,1-2H3,(H2,24,31)(H,27,30). The first-order valence-corrected chi connectivity index (χ1v) is 10.3. The Kier molecular flexibility index (Phi) is 5.58. The van der Waals surface area contributed by atoms with Gasteiger partial charge in [-0.05, 0) is 50.8 Å². The quantitative estimate of drug-likeness (QED) is 0.633. The third kappa shape index (κ3) is 3.95. The molecule has 1 aromatic carbocycles. The topological polar surface area (TPSA) is 106 Å². The lowest BCUT2D eigenvalue weighted by atomic mass is 10.1. The van der Waals surface area contributed by atoms with E-state index in [9.17, 15) is 14.0 Å². The van der Waals surface area contributed by atoms with E-state index in [2.05, 4.69) is 20.3 Å². The minimum Gasteiger partial charge on any atom is -0.370 e. The monoisotopic (exact) mass is 424 g/mol. The molecule has 162 valence electrons. The molecule has 1 aliphatic rings. The largest absolute Gasteiger partial charge is 0.370 e. The van der Waals surface area contributed by atoms with Gasteiger partial charge in [0.05, 0.1) is 11.9 Å². The molecule has 0 spiro atoms. The number of carbonyl (C=O) groups excluding carboxylic acids is 2. The van der Waals surface area contributed by atoms with Crippen molar-refractivity contribution in [2.24, 2.45) is 5.73 Å². The van der Waals surface area contributed by atoms with Gasteiger partial charge in [0.25, 0.3) is 5.91 Å². The number of nitrogens with two attached hydrogens (primary N) is 1. The Hall–Kier alpha value is -3.49. The van der Waals surface area contributed by atoms with Crippen molar-refractivity contribution in [3.63, 3.8) is 0 Å². The van der Waals surface area contributed by atoms with Gasteiger partial charge in [0.1, 0.15) is 17.1 Å². The van der Waals surface area contributed by atoms with Crippen LogP contribution in [-0.2, 0) is 11.2 Å². The number of primary amides is 1. The molecule has 0 saturated carbocycles. The predicted molar refractivity (Wildman–Crippen MR) is 116 cm³/mol. The third-order valence-electron chi connectivity index (χ3n) is 5.78. The maximum Gasteiger partial charge on any atom is 0.254 e. The summed E-state index contributed by atoms with van der Waals surface area (Å²) in [6.07, 6.45) is 4.08. The van der Waals surface area contributed by atoms with Gasteiger partial charge in [0, 0.05) is 30.9 Å². The highest BCUT2D eigenvalue weighted by Gasteiger charge is 2.21. The SMILES string of the molecule is Cc1nc2c(C(N)=O)cnn2c(C)c1CCC(=O)Nc1c(F)cccc1N1CCCC1. The van der Waals surface area contributed by atoms with E-state index in [4.69, 9.17) is 5.73 Å². The van der Waals surface area contributed by atoms with Crippen molar-refractivity contribution in [1.29, 1.82) is 0 Å². The van der Waals surface area contributed by atoms with Crippen LogP contribution in [0.5, 0.6) is 0 Å². The second-order valence-corrected chi connectivity index (χ2v) is 7.80. The van der Waals surface area contributed by atoms with Crippen LogP contribution in [0.15, 0.2) is 24.4 Å². The zero-order chi connectivity index (χ0) is 22.1. The Morgan fingerprint density at radius 1 is 1.23 bits per heavy atom. The zero-order valence-corrected chi connectivity index (χ0v) is 17.6. The summed E-state index contributed by atoms with van der Waals surface area (Å²) in [7, 11) is 0. The van der Waals surface area contributed by atoms with Crippen LogP contribution in [0.3, 0.4) is 0 Å². The summed E-state index contributed by atoms with van der Waals surface area (Å²) < 4.78 is 16.1. The molecule has 4 rings (SSSR count). The van der Waals surface area contributed by atoms with Gasteiger partial charge in [0.15, 0.2) is 5.65 Å². The van der Waals surface area contributed by atoms with Gasteiger partial charge >= 0.3 is 0 Å². The number of benzene rings is 1. The lowest BCUT2D eigenvalue weighted by Crippen LogP contribution is -2.22. The van der Waals surface area contributed by atoms with E-state index < -0.39 is 11.7 Å². The molecular formula is C22H25FN6O2. The van der Waals surface area contributed by atoms with Gasteiger partial charge in [-0.1, -0.05) is 6.07 Å². The number of halogens is 1. The van der Waals surface area contributed by atoms with Gasteiger partial charge in [-0.3, -0.25) is 9.59 Å². The van der Waals surface area contributed by atoms with E-state index in [0.717, 1.165) is 42.9 Å². The number of anilines is 2. The smallest absolute Gasteiger partial charge is 0.254 e. The van der Waals surface area contributed by atoms with Crippen molar-refractivity contribution in [2.75, 3.05) is 23.3 Å². The minimum atomic E-state index is -0.591. The van der Waals surface area contributed by atoms with Crippen molar-refractivity contribution >= 4 is 28.8 Å². The van der Waals surface area contributed by atoms with Gasteiger partial charge in [-0.2, -0.15) is 5.10 Å². The average Bonchev–Trinajstić information content (AvgIpc) is 3.39. The van der Waals surface area contributed by atoms with Gasteiger partial charge in [0.2, 0.25) is 5.91 Å². The fraction of sp³-hybridized carbons (Fsp3) is 0.364. The molecule has 0 aliphatic carbocycles. The fourth-order valence-corrected chi connectivity index (χ4v) is 4.15. The summed E-state index contributed by atoms with van der Waals surface area (Å²) in [5, 5.41) is 6.96. The van der Waals surface area contributed by atoms with Crippen LogP contribution in [0.4, 0.5) is 15.8 Å².